The Bertz CT molecular complexity index is 966. The number of carbonyl (C=O) groups excluding carboxylic acids is 1. The molecule has 152 valence electrons. The lowest BCUT2D eigenvalue weighted by molar-refractivity contribution is 0.0939. The minimum atomic E-state index is -0.183. The van der Waals surface area contributed by atoms with Crippen molar-refractivity contribution >= 4 is 5.91 Å². The van der Waals surface area contributed by atoms with E-state index in [0.29, 0.717) is 30.3 Å². The van der Waals surface area contributed by atoms with Gasteiger partial charge in [-0.05, 0) is 69.7 Å². The zero-order chi connectivity index (χ0) is 20.8. The lowest BCUT2D eigenvalue weighted by Gasteiger charge is -2.16. The molecule has 29 heavy (non-hydrogen) atoms. The third-order valence-corrected chi connectivity index (χ3v) is 4.54. The van der Waals surface area contributed by atoms with Crippen LogP contribution in [0.1, 0.15) is 52.9 Å². The summed E-state index contributed by atoms with van der Waals surface area (Å²) in [6.45, 7) is 8.48. The molecule has 3 rings (SSSR count). The monoisotopic (exact) mass is 394 g/mol. The molecule has 0 aliphatic rings. The molecule has 6 heteroatoms. The van der Waals surface area contributed by atoms with Gasteiger partial charge in [-0.2, -0.15) is 0 Å². The largest absolute Gasteiger partial charge is 0.490 e. The van der Waals surface area contributed by atoms with Gasteiger partial charge in [0, 0.05) is 23.5 Å². The Morgan fingerprint density at radius 3 is 2.52 bits per heavy atom. The van der Waals surface area contributed by atoms with Crippen LogP contribution in [0.15, 0.2) is 53.2 Å². The molecule has 2 aromatic heterocycles. The Morgan fingerprint density at radius 2 is 1.86 bits per heavy atom. The van der Waals surface area contributed by atoms with E-state index in [0.717, 1.165) is 22.6 Å². The number of pyridine rings is 1. The maximum atomic E-state index is 12.7. The number of hydrogen-bond acceptors (Lipinski definition) is 5. The number of hydrogen-bond donors (Lipinski definition) is 1. The number of rotatable bonds is 8. The highest BCUT2D eigenvalue weighted by molar-refractivity contribution is 5.95. The van der Waals surface area contributed by atoms with Gasteiger partial charge in [0.2, 0.25) is 0 Å². The van der Waals surface area contributed by atoms with E-state index in [1.807, 2.05) is 45.9 Å². The Hall–Kier alpha value is -3.28. The summed E-state index contributed by atoms with van der Waals surface area (Å²) < 4.78 is 17.1. The van der Waals surface area contributed by atoms with Crippen LogP contribution in [0.5, 0.6) is 11.5 Å². The molecule has 1 atom stereocenters. The van der Waals surface area contributed by atoms with Crippen molar-refractivity contribution < 1.29 is 18.7 Å². The number of ether oxygens (including phenoxy) is 2. The summed E-state index contributed by atoms with van der Waals surface area (Å²) in [5.74, 6) is 2.59. The molecule has 0 saturated heterocycles. The molecule has 1 aromatic carbocycles. The zero-order valence-electron chi connectivity index (χ0n) is 17.2. The average molecular weight is 394 g/mol. The second kappa shape index (κ2) is 9.28. The minimum absolute atomic E-state index is 0.168. The van der Waals surface area contributed by atoms with Crippen LogP contribution < -0.4 is 14.8 Å². The van der Waals surface area contributed by atoms with Gasteiger partial charge in [-0.1, -0.05) is 0 Å². The van der Waals surface area contributed by atoms with E-state index in [1.54, 1.807) is 30.6 Å². The number of nitrogens with one attached hydrogen (secondary N) is 1. The molecular formula is C23H26N2O4. The second-order valence-corrected chi connectivity index (χ2v) is 6.80. The summed E-state index contributed by atoms with van der Waals surface area (Å²) in [7, 11) is 0. The third kappa shape index (κ3) is 5.16. The molecule has 6 nitrogen and oxygen atoms in total. The van der Waals surface area contributed by atoms with Crippen molar-refractivity contribution in [3.05, 3.63) is 77.0 Å². The van der Waals surface area contributed by atoms with Gasteiger partial charge < -0.3 is 19.2 Å². The number of benzene rings is 1. The first-order valence-corrected chi connectivity index (χ1v) is 9.64. The zero-order valence-corrected chi connectivity index (χ0v) is 17.2. The molecule has 0 bridgehead atoms. The lowest BCUT2D eigenvalue weighted by atomic mass is 10.1. The van der Waals surface area contributed by atoms with Crippen LogP contribution >= 0.6 is 0 Å². The number of amides is 1. The quantitative estimate of drug-likeness (QED) is 0.596. The standard InChI is InChI=1S/C23H26N2O4/c1-5-27-22-13-19(6-7-21(22)28-14-18-8-10-24-11-9-18)23(26)25-16(3)20-12-15(2)29-17(20)4/h6-13,16H,5,14H2,1-4H3,(H,25,26). The van der Waals surface area contributed by atoms with E-state index in [1.165, 1.54) is 0 Å². The molecule has 0 saturated carbocycles. The fourth-order valence-corrected chi connectivity index (χ4v) is 3.12. The van der Waals surface area contributed by atoms with Gasteiger partial charge in [-0.3, -0.25) is 9.78 Å². The van der Waals surface area contributed by atoms with Gasteiger partial charge in [0.15, 0.2) is 11.5 Å². The summed E-state index contributed by atoms with van der Waals surface area (Å²) >= 11 is 0. The Kier molecular flexibility index (Phi) is 6.54. The van der Waals surface area contributed by atoms with Crippen molar-refractivity contribution in [1.29, 1.82) is 0 Å². The summed E-state index contributed by atoms with van der Waals surface area (Å²) in [4.78, 5) is 16.7. The number of aryl methyl sites for hydroxylation is 2. The van der Waals surface area contributed by atoms with Crippen LogP contribution in [0.4, 0.5) is 0 Å². The predicted octanol–water partition coefficient (Wildman–Crippen LogP) is 4.76. The predicted molar refractivity (Wildman–Crippen MR) is 110 cm³/mol. The van der Waals surface area contributed by atoms with Crippen LogP contribution in [0.2, 0.25) is 0 Å². The lowest BCUT2D eigenvalue weighted by Crippen LogP contribution is -2.26. The number of nitrogens with zero attached hydrogens (tertiary/aromatic N) is 1. The minimum Gasteiger partial charge on any atom is -0.490 e. The van der Waals surface area contributed by atoms with Crippen LogP contribution in [-0.4, -0.2) is 17.5 Å². The van der Waals surface area contributed by atoms with Crippen LogP contribution in [0.25, 0.3) is 0 Å². The molecule has 0 fully saturated rings. The number of aromatic nitrogens is 1. The first kappa shape index (κ1) is 20.5. The van der Waals surface area contributed by atoms with Crippen LogP contribution in [-0.2, 0) is 6.61 Å². The van der Waals surface area contributed by atoms with Crippen LogP contribution in [0, 0.1) is 13.8 Å². The highest BCUT2D eigenvalue weighted by Crippen LogP contribution is 2.30. The van der Waals surface area contributed by atoms with Crippen molar-refractivity contribution in [1.82, 2.24) is 10.3 Å². The third-order valence-electron chi connectivity index (χ3n) is 4.54. The summed E-state index contributed by atoms with van der Waals surface area (Å²) in [6.07, 6.45) is 3.44. The summed E-state index contributed by atoms with van der Waals surface area (Å²) in [5.41, 5.74) is 2.48. The van der Waals surface area contributed by atoms with Crippen LogP contribution in [0.3, 0.4) is 0 Å². The highest BCUT2D eigenvalue weighted by Gasteiger charge is 2.17. The van der Waals surface area contributed by atoms with Gasteiger partial charge in [0.05, 0.1) is 12.6 Å². The molecule has 1 amide bonds. The fourth-order valence-electron chi connectivity index (χ4n) is 3.12. The Balaban J connectivity index is 1.72. The van der Waals surface area contributed by atoms with Gasteiger partial charge in [-0.15, -0.1) is 0 Å². The smallest absolute Gasteiger partial charge is 0.251 e. The van der Waals surface area contributed by atoms with Gasteiger partial charge in [0.25, 0.3) is 5.91 Å². The van der Waals surface area contributed by atoms with E-state index < -0.39 is 0 Å². The van der Waals surface area contributed by atoms with E-state index in [9.17, 15) is 4.79 Å². The topological polar surface area (TPSA) is 73.6 Å². The van der Waals surface area contributed by atoms with Crippen molar-refractivity contribution in [2.24, 2.45) is 0 Å². The number of carbonyl (C=O) groups is 1. The van der Waals surface area contributed by atoms with E-state index in [-0.39, 0.29) is 11.9 Å². The molecule has 2 heterocycles. The maximum absolute atomic E-state index is 12.7. The normalized spacial score (nSPS) is 11.7. The van der Waals surface area contributed by atoms with E-state index in [2.05, 4.69) is 10.3 Å². The first-order chi connectivity index (χ1) is 14.0. The maximum Gasteiger partial charge on any atom is 0.251 e. The van der Waals surface area contributed by atoms with E-state index >= 15 is 0 Å². The van der Waals surface area contributed by atoms with Gasteiger partial charge >= 0.3 is 0 Å². The summed E-state index contributed by atoms with van der Waals surface area (Å²) in [6, 6.07) is 10.8. The second-order valence-electron chi connectivity index (χ2n) is 6.80. The Morgan fingerprint density at radius 1 is 1.10 bits per heavy atom. The molecule has 0 radical (unpaired) electrons. The average Bonchev–Trinajstić information content (AvgIpc) is 3.06. The first-order valence-electron chi connectivity index (χ1n) is 9.64. The SMILES string of the molecule is CCOc1cc(C(=O)NC(C)c2cc(C)oc2C)ccc1OCc1ccncc1. The number of furan rings is 1. The van der Waals surface area contributed by atoms with Crippen molar-refractivity contribution in [2.45, 2.75) is 40.3 Å². The Labute approximate surface area is 170 Å². The fraction of sp³-hybridized carbons (Fsp3) is 0.304. The molecular weight excluding hydrogens is 368 g/mol. The van der Waals surface area contributed by atoms with Gasteiger partial charge in [0.1, 0.15) is 18.1 Å². The molecule has 0 aliphatic heterocycles. The van der Waals surface area contributed by atoms with Crippen molar-refractivity contribution in [3.8, 4) is 11.5 Å². The summed E-state index contributed by atoms with van der Waals surface area (Å²) in [5, 5.41) is 3.01. The van der Waals surface area contributed by atoms with E-state index in [4.69, 9.17) is 13.9 Å². The molecule has 0 spiro atoms. The molecule has 1 unspecified atom stereocenters. The highest BCUT2D eigenvalue weighted by atomic mass is 16.5. The van der Waals surface area contributed by atoms with Gasteiger partial charge in [-0.25, -0.2) is 0 Å². The molecule has 3 aromatic rings. The molecule has 1 N–H and O–H groups in total. The van der Waals surface area contributed by atoms with Crippen molar-refractivity contribution in [3.63, 3.8) is 0 Å². The van der Waals surface area contributed by atoms with Crippen molar-refractivity contribution in [2.75, 3.05) is 6.61 Å². The molecule has 0 aliphatic carbocycles.